The monoisotopic (exact) mass is 424 g/mol. The second-order valence-corrected chi connectivity index (χ2v) is 8.22. The first kappa shape index (κ1) is 19.7. The number of fused-ring (bicyclic) bond motifs is 1. The van der Waals surface area contributed by atoms with E-state index in [4.69, 9.17) is 4.52 Å². The highest BCUT2D eigenvalue weighted by molar-refractivity contribution is 7.98. The zero-order chi connectivity index (χ0) is 20.2. The number of hydrogen-bond acceptors (Lipinski definition) is 7. The van der Waals surface area contributed by atoms with Crippen molar-refractivity contribution < 1.29 is 4.52 Å². The molecule has 0 amide bonds. The number of rotatable bonds is 7. The van der Waals surface area contributed by atoms with Crippen LogP contribution in [0.15, 0.2) is 67.9 Å². The van der Waals surface area contributed by atoms with Crippen LogP contribution in [-0.4, -0.2) is 25.9 Å². The van der Waals surface area contributed by atoms with Crippen LogP contribution in [-0.2, 0) is 12.3 Å². The van der Waals surface area contributed by atoms with E-state index in [1.165, 1.54) is 16.7 Å². The van der Waals surface area contributed by atoms with E-state index in [0.29, 0.717) is 40.1 Å². The standard InChI is InChI=1S/C21H20N4O2S2/c1-3-12-25-20(26)16-6-4-5-7-17(16)22-21(25)29-13-18-23-19(24-27-18)14-8-10-15(28-2)11-9-14/h4-11H,3,12-13H2,1-2H3. The molecule has 0 saturated heterocycles. The van der Waals surface area contributed by atoms with E-state index in [0.717, 1.165) is 12.0 Å². The van der Waals surface area contributed by atoms with E-state index in [-0.39, 0.29) is 5.56 Å². The molecular weight excluding hydrogens is 404 g/mol. The molecule has 2 heterocycles. The molecule has 0 radical (unpaired) electrons. The van der Waals surface area contributed by atoms with Crippen LogP contribution < -0.4 is 5.56 Å². The van der Waals surface area contributed by atoms with Gasteiger partial charge in [0.15, 0.2) is 5.16 Å². The van der Waals surface area contributed by atoms with Gasteiger partial charge in [0.2, 0.25) is 11.7 Å². The van der Waals surface area contributed by atoms with E-state index in [1.54, 1.807) is 16.3 Å². The Labute approximate surface area is 176 Å². The number of benzene rings is 2. The van der Waals surface area contributed by atoms with Gasteiger partial charge in [0.05, 0.1) is 16.7 Å². The Morgan fingerprint density at radius 1 is 1.07 bits per heavy atom. The maximum absolute atomic E-state index is 12.8. The van der Waals surface area contributed by atoms with Crippen molar-refractivity contribution in [1.82, 2.24) is 19.7 Å². The van der Waals surface area contributed by atoms with Crippen LogP contribution in [0, 0.1) is 0 Å². The van der Waals surface area contributed by atoms with Crippen molar-refractivity contribution in [2.45, 2.75) is 35.7 Å². The first-order chi connectivity index (χ1) is 14.2. The number of para-hydroxylation sites is 1. The minimum absolute atomic E-state index is 0.0138. The summed E-state index contributed by atoms with van der Waals surface area (Å²) in [7, 11) is 0. The molecule has 0 atom stereocenters. The average molecular weight is 425 g/mol. The van der Waals surface area contributed by atoms with Crippen molar-refractivity contribution in [1.29, 1.82) is 0 Å². The van der Waals surface area contributed by atoms with Gasteiger partial charge in [-0.2, -0.15) is 4.98 Å². The maximum atomic E-state index is 12.8. The van der Waals surface area contributed by atoms with E-state index < -0.39 is 0 Å². The van der Waals surface area contributed by atoms with Gasteiger partial charge in [-0.15, -0.1) is 11.8 Å². The fraction of sp³-hybridized carbons (Fsp3) is 0.238. The second-order valence-electron chi connectivity index (χ2n) is 6.40. The van der Waals surface area contributed by atoms with Gasteiger partial charge in [-0.25, -0.2) is 4.98 Å². The lowest BCUT2D eigenvalue weighted by Gasteiger charge is -2.11. The minimum Gasteiger partial charge on any atom is -0.338 e. The summed E-state index contributed by atoms with van der Waals surface area (Å²) < 4.78 is 7.14. The summed E-state index contributed by atoms with van der Waals surface area (Å²) in [4.78, 5) is 23.2. The molecule has 0 bridgehead atoms. The van der Waals surface area contributed by atoms with E-state index in [9.17, 15) is 4.79 Å². The van der Waals surface area contributed by atoms with E-state index in [1.807, 2.05) is 61.7 Å². The topological polar surface area (TPSA) is 73.8 Å². The fourth-order valence-electron chi connectivity index (χ4n) is 2.98. The van der Waals surface area contributed by atoms with Crippen molar-refractivity contribution in [2.75, 3.05) is 6.26 Å². The first-order valence-electron chi connectivity index (χ1n) is 9.29. The number of nitrogens with zero attached hydrogens (tertiary/aromatic N) is 4. The van der Waals surface area contributed by atoms with Gasteiger partial charge in [0.25, 0.3) is 5.56 Å². The molecule has 4 aromatic rings. The van der Waals surface area contributed by atoms with Crippen LogP contribution in [0.3, 0.4) is 0 Å². The Balaban J connectivity index is 1.57. The maximum Gasteiger partial charge on any atom is 0.262 e. The van der Waals surface area contributed by atoms with Gasteiger partial charge in [0, 0.05) is 17.0 Å². The van der Waals surface area contributed by atoms with Crippen LogP contribution in [0.5, 0.6) is 0 Å². The lowest BCUT2D eigenvalue weighted by molar-refractivity contribution is 0.391. The molecule has 8 heteroatoms. The Kier molecular flexibility index (Phi) is 6.01. The van der Waals surface area contributed by atoms with Crippen molar-refractivity contribution in [2.24, 2.45) is 0 Å². The highest BCUT2D eigenvalue weighted by atomic mass is 32.2. The summed E-state index contributed by atoms with van der Waals surface area (Å²) in [5.74, 6) is 1.51. The van der Waals surface area contributed by atoms with Crippen molar-refractivity contribution in [3.05, 3.63) is 64.8 Å². The predicted octanol–water partition coefficient (Wildman–Crippen LogP) is 4.87. The quantitative estimate of drug-likeness (QED) is 0.309. The van der Waals surface area contributed by atoms with Crippen molar-refractivity contribution >= 4 is 34.4 Å². The first-order valence-corrected chi connectivity index (χ1v) is 11.5. The molecule has 0 aliphatic carbocycles. The third-order valence-corrected chi connectivity index (χ3v) is 6.12. The third kappa shape index (κ3) is 4.23. The molecule has 0 N–H and O–H groups in total. The molecule has 2 aromatic carbocycles. The van der Waals surface area contributed by atoms with Crippen LogP contribution in [0.1, 0.15) is 19.2 Å². The molecule has 29 heavy (non-hydrogen) atoms. The zero-order valence-electron chi connectivity index (χ0n) is 16.2. The molecule has 148 valence electrons. The molecule has 0 aliphatic heterocycles. The van der Waals surface area contributed by atoms with Crippen LogP contribution in [0.2, 0.25) is 0 Å². The Hall–Kier alpha value is -2.58. The summed E-state index contributed by atoms with van der Waals surface area (Å²) in [6, 6.07) is 15.5. The number of aromatic nitrogens is 4. The third-order valence-electron chi connectivity index (χ3n) is 4.41. The summed E-state index contributed by atoms with van der Waals surface area (Å²) in [5.41, 5.74) is 1.60. The predicted molar refractivity (Wildman–Crippen MR) is 117 cm³/mol. The smallest absolute Gasteiger partial charge is 0.262 e. The molecule has 0 spiro atoms. The average Bonchev–Trinajstić information content (AvgIpc) is 3.24. The normalized spacial score (nSPS) is 11.2. The molecule has 0 aliphatic rings. The largest absolute Gasteiger partial charge is 0.338 e. The molecule has 0 fully saturated rings. The van der Waals surface area contributed by atoms with Gasteiger partial charge in [-0.1, -0.05) is 36.0 Å². The van der Waals surface area contributed by atoms with E-state index in [2.05, 4.69) is 15.1 Å². The van der Waals surface area contributed by atoms with Gasteiger partial charge in [0.1, 0.15) is 0 Å². The number of thioether (sulfide) groups is 2. The molecule has 0 saturated carbocycles. The van der Waals surface area contributed by atoms with Gasteiger partial charge in [-0.05, 0) is 49.1 Å². The van der Waals surface area contributed by atoms with Gasteiger partial charge >= 0.3 is 0 Å². The molecule has 0 unspecified atom stereocenters. The zero-order valence-corrected chi connectivity index (χ0v) is 17.8. The van der Waals surface area contributed by atoms with Crippen LogP contribution in [0.25, 0.3) is 22.3 Å². The molecule has 2 aromatic heterocycles. The van der Waals surface area contributed by atoms with Crippen molar-refractivity contribution in [3.8, 4) is 11.4 Å². The van der Waals surface area contributed by atoms with Crippen LogP contribution in [0.4, 0.5) is 0 Å². The summed E-state index contributed by atoms with van der Waals surface area (Å²) >= 11 is 3.12. The molecule has 6 nitrogen and oxygen atoms in total. The summed E-state index contributed by atoms with van der Waals surface area (Å²) in [6.45, 7) is 2.67. The van der Waals surface area contributed by atoms with Crippen molar-refractivity contribution in [3.63, 3.8) is 0 Å². The van der Waals surface area contributed by atoms with Gasteiger partial charge < -0.3 is 4.52 Å². The summed E-state index contributed by atoms with van der Waals surface area (Å²) in [6.07, 6.45) is 2.89. The van der Waals surface area contributed by atoms with E-state index >= 15 is 0 Å². The van der Waals surface area contributed by atoms with Crippen LogP contribution >= 0.6 is 23.5 Å². The summed E-state index contributed by atoms with van der Waals surface area (Å²) in [5, 5.41) is 5.39. The van der Waals surface area contributed by atoms with Gasteiger partial charge in [-0.3, -0.25) is 9.36 Å². The SMILES string of the molecule is CCCn1c(SCc2nc(-c3ccc(SC)cc3)no2)nc2ccccc2c1=O. The minimum atomic E-state index is -0.0138. The molecular formula is C21H20N4O2S2. The number of hydrogen-bond donors (Lipinski definition) is 0. The highest BCUT2D eigenvalue weighted by Crippen LogP contribution is 2.24. The lowest BCUT2D eigenvalue weighted by atomic mass is 10.2. The molecule has 4 rings (SSSR count). The Morgan fingerprint density at radius 2 is 1.86 bits per heavy atom. The highest BCUT2D eigenvalue weighted by Gasteiger charge is 2.14. The Morgan fingerprint density at radius 3 is 2.62 bits per heavy atom. The lowest BCUT2D eigenvalue weighted by Crippen LogP contribution is -2.23. The fourth-order valence-corrected chi connectivity index (χ4v) is 4.25. The Bertz CT molecular complexity index is 1190. The second kappa shape index (κ2) is 8.84.